The Morgan fingerprint density at radius 1 is 0.889 bits per heavy atom. The standard InChI is InChI=1S/C34H28Cl2N4O5/c1-3-20-4-7-22(8-5-20)23-9-11-24(12-10-23)33(43)37-19(2)32(42)39-29-15-14-28-30(38-29)31(41)25(34(44)45)18-40(28)17-21-6-13-26(35)27(36)16-21/h4-16,18-19H,3,17H2,1-2H3,(H,37,43)(H,44,45)(H,38,39,42)/t19-/m0/s1. The number of fused-ring (bicyclic) bond motifs is 1. The van der Waals surface area contributed by atoms with Crippen molar-refractivity contribution in [3.8, 4) is 11.1 Å². The van der Waals surface area contributed by atoms with E-state index in [9.17, 15) is 24.3 Å². The normalized spacial score (nSPS) is 11.6. The fourth-order valence-electron chi connectivity index (χ4n) is 4.78. The molecule has 2 heterocycles. The lowest BCUT2D eigenvalue weighted by Crippen LogP contribution is -2.41. The summed E-state index contributed by atoms with van der Waals surface area (Å²) < 4.78 is 1.56. The number of amides is 2. The topological polar surface area (TPSA) is 130 Å². The summed E-state index contributed by atoms with van der Waals surface area (Å²) in [5, 5.41) is 15.6. The molecular formula is C34H28Cl2N4O5. The van der Waals surface area contributed by atoms with Gasteiger partial charge in [0.05, 0.1) is 15.6 Å². The minimum Gasteiger partial charge on any atom is -0.477 e. The molecule has 2 amide bonds. The molecule has 0 fully saturated rings. The number of hydrogen-bond acceptors (Lipinski definition) is 5. The van der Waals surface area contributed by atoms with Gasteiger partial charge in [-0.25, -0.2) is 9.78 Å². The molecule has 5 aromatic rings. The van der Waals surface area contributed by atoms with Crippen LogP contribution in [-0.4, -0.2) is 38.5 Å². The molecule has 0 spiro atoms. The second kappa shape index (κ2) is 13.3. The molecule has 0 saturated carbocycles. The maximum Gasteiger partial charge on any atom is 0.341 e. The van der Waals surface area contributed by atoms with Gasteiger partial charge in [-0.3, -0.25) is 14.4 Å². The van der Waals surface area contributed by atoms with Crippen LogP contribution in [0, 0.1) is 0 Å². The second-order valence-electron chi connectivity index (χ2n) is 10.4. The van der Waals surface area contributed by atoms with Crippen molar-refractivity contribution in [1.29, 1.82) is 0 Å². The van der Waals surface area contributed by atoms with E-state index in [2.05, 4.69) is 34.7 Å². The quantitative estimate of drug-likeness (QED) is 0.170. The number of hydrogen-bond donors (Lipinski definition) is 3. The first-order chi connectivity index (χ1) is 21.5. The number of carbonyl (C=O) groups is 3. The molecule has 9 nitrogen and oxygen atoms in total. The Kier molecular flexibility index (Phi) is 9.32. The van der Waals surface area contributed by atoms with Gasteiger partial charge in [-0.2, -0.15) is 0 Å². The van der Waals surface area contributed by atoms with Gasteiger partial charge in [-0.1, -0.05) is 72.6 Å². The third-order valence-corrected chi connectivity index (χ3v) is 8.07. The molecule has 1 atom stereocenters. The molecule has 11 heteroatoms. The first-order valence-electron chi connectivity index (χ1n) is 14.1. The number of benzene rings is 3. The minimum atomic E-state index is -1.42. The number of carboxylic acids is 1. The summed E-state index contributed by atoms with van der Waals surface area (Å²) in [7, 11) is 0. The molecule has 228 valence electrons. The van der Waals surface area contributed by atoms with Crippen LogP contribution in [0.3, 0.4) is 0 Å². The highest BCUT2D eigenvalue weighted by Crippen LogP contribution is 2.24. The third kappa shape index (κ3) is 7.06. The Morgan fingerprint density at radius 3 is 2.16 bits per heavy atom. The Bertz CT molecular complexity index is 1990. The van der Waals surface area contributed by atoms with Crippen molar-refractivity contribution in [2.24, 2.45) is 0 Å². The number of aromatic carboxylic acids is 1. The van der Waals surface area contributed by atoms with Crippen molar-refractivity contribution in [2.75, 3.05) is 5.32 Å². The molecule has 5 rings (SSSR count). The Hall–Kier alpha value is -4.99. The van der Waals surface area contributed by atoms with Crippen LogP contribution in [-0.2, 0) is 17.8 Å². The van der Waals surface area contributed by atoms with Gasteiger partial charge in [0.2, 0.25) is 11.3 Å². The lowest BCUT2D eigenvalue weighted by atomic mass is 10.0. The number of carbonyl (C=O) groups excluding carboxylic acids is 2. The maximum absolute atomic E-state index is 13.0. The Balaban J connectivity index is 1.31. The lowest BCUT2D eigenvalue weighted by molar-refractivity contribution is -0.117. The largest absolute Gasteiger partial charge is 0.477 e. The molecule has 3 N–H and O–H groups in total. The van der Waals surface area contributed by atoms with Gasteiger partial charge < -0.3 is 20.3 Å². The van der Waals surface area contributed by atoms with E-state index >= 15 is 0 Å². The van der Waals surface area contributed by atoms with Gasteiger partial charge in [0.1, 0.15) is 22.9 Å². The fourth-order valence-corrected chi connectivity index (χ4v) is 5.10. The van der Waals surface area contributed by atoms with Crippen molar-refractivity contribution in [1.82, 2.24) is 14.9 Å². The number of rotatable bonds is 9. The molecular weight excluding hydrogens is 615 g/mol. The summed E-state index contributed by atoms with van der Waals surface area (Å²) in [6.45, 7) is 3.79. The zero-order valence-corrected chi connectivity index (χ0v) is 25.8. The predicted octanol–water partition coefficient (Wildman–Crippen LogP) is 6.44. The molecule has 0 aliphatic carbocycles. The highest BCUT2D eigenvalue weighted by Gasteiger charge is 2.20. The van der Waals surface area contributed by atoms with E-state index in [0.717, 1.165) is 17.5 Å². The van der Waals surface area contributed by atoms with E-state index < -0.39 is 34.8 Å². The molecule has 0 radical (unpaired) electrons. The summed E-state index contributed by atoms with van der Waals surface area (Å²) in [6.07, 6.45) is 2.19. The molecule has 0 aliphatic heterocycles. The van der Waals surface area contributed by atoms with E-state index in [4.69, 9.17) is 23.2 Å². The number of halogens is 2. The molecule has 45 heavy (non-hydrogen) atoms. The van der Waals surface area contributed by atoms with Crippen LogP contribution < -0.4 is 16.1 Å². The van der Waals surface area contributed by atoms with Gasteiger partial charge in [0.15, 0.2) is 0 Å². The van der Waals surface area contributed by atoms with Crippen LogP contribution in [0.15, 0.2) is 89.9 Å². The molecule has 0 bridgehead atoms. The predicted molar refractivity (Wildman–Crippen MR) is 175 cm³/mol. The van der Waals surface area contributed by atoms with Gasteiger partial charge in [-0.05, 0) is 72.0 Å². The van der Waals surface area contributed by atoms with E-state index in [1.54, 1.807) is 41.0 Å². The summed E-state index contributed by atoms with van der Waals surface area (Å²) in [6, 6.07) is 22.4. The monoisotopic (exact) mass is 642 g/mol. The maximum atomic E-state index is 13.0. The van der Waals surface area contributed by atoms with Crippen molar-refractivity contribution in [3.63, 3.8) is 0 Å². The van der Waals surface area contributed by atoms with Crippen LogP contribution in [0.25, 0.3) is 22.2 Å². The average molecular weight is 644 g/mol. The van der Waals surface area contributed by atoms with Gasteiger partial charge in [-0.15, -0.1) is 0 Å². The molecule has 0 unspecified atom stereocenters. The van der Waals surface area contributed by atoms with Crippen molar-refractivity contribution in [3.05, 3.63) is 128 Å². The van der Waals surface area contributed by atoms with Gasteiger partial charge >= 0.3 is 5.97 Å². The number of pyridine rings is 2. The van der Waals surface area contributed by atoms with E-state index in [1.807, 2.05) is 24.3 Å². The van der Waals surface area contributed by atoms with Crippen LogP contribution in [0.2, 0.25) is 10.0 Å². The van der Waals surface area contributed by atoms with Crippen LogP contribution >= 0.6 is 23.2 Å². The fraction of sp³-hybridized carbons (Fsp3) is 0.147. The zero-order valence-electron chi connectivity index (χ0n) is 24.3. The Labute approximate surface area is 268 Å². The van der Waals surface area contributed by atoms with Crippen LogP contribution in [0.4, 0.5) is 5.82 Å². The highest BCUT2D eigenvalue weighted by atomic mass is 35.5. The number of aryl methyl sites for hydroxylation is 1. The summed E-state index contributed by atoms with van der Waals surface area (Å²) in [5.74, 6) is -2.41. The zero-order chi connectivity index (χ0) is 32.2. The average Bonchev–Trinajstić information content (AvgIpc) is 3.04. The van der Waals surface area contributed by atoms with E-state index in [-0.39, 0.29) is 17.9 Å². The van der Waals surface area contributed by atoms with E-state index in [0.29, 0.717) is 26.7 Å². The molecule has 2 aromatic heterocycles. The Morgan fingerprint density at radius 2 is 1.53 bits per heavy atom. The SMILES string of the molecule is CCc1ccc(-c2ccc(C(=O)N[C@@H](C)C(=O)Nc3ccc4c(n3)c(=O)c(C(=O)O)cn4Cc3ccc(Cl)c(Cl)c3)cc2)cc1. The number of anilines is 1. The summed E-state index contributed by atoms with van der Waals surface area (Å²) in [5.41, 5.74) is 3.25. The summed E-state index contributed by atoms with van der Waals surface area (Å²) in [4.78, 5) is 55.0. The number of nitrogens with zero attached hydrogens (tertiary/aromatic N) is 2. The first-order valence-corrected chi connectivity index (χ1v) is 14.8. The van der Waals surface area contributed by atoms with Crippen molar-refractivity contribution in [2.45, 2.75) is 32.9 Å². The first kappa shape index (κ1) is 31.4. The summed E-state index contributed by atoms with van der Waals surface area (Å²) >= 11 is 12.2. The third-order valence-electron chi connectivity index (χ3n) is 7.33. The van der Waals surface area contributed by atoms with Crippen molar-refractivity contribution >= 4 is 57.8 Å². The molecule has 0 saturated heterocycles. The molecule has 0 aliphatic rings. The highest BCUT2D eigenvalue weighted by molar-refractivity contribution is 6.42. The minimum absolute atomic E-state index is 0.0211. The van der Waals surface area contributed by atoms with Crippen molar-refractivity contribution < 1.29 is 19.5 Å². The van der Waals surface area contributed by atoms with Crippen LogP contribution in [0.1, 0.15) is 45.7 Å². The number of nitrogens with one attached hydrogen (secondary N) is 2. The number of carboxylic acid groups (broad SMARTS) is 1. The smallest absolute Gasteiger partial charge is 0.341 e. The second-order valence-corrected chi connectivity index (χ2v) is 11.2. The van der Waals surface area contributed by atoms with Gasteiger partial charge in [0, 0.05) is 18.3 Å². The van der Waals surface area contributed by atoms with Crippen LogP contribution in [0.5, 0.6) is 0 Å². The lowest BCUT2D eigenvalue weighted by Gasteiger charge is -2.16. The van der Waals surface area contributed by atoms with Gasteiger partial charge in [0.25, 0.3) is 5.91 Å². The molecule has 3 aromatic carbocycles. The van der Waals surface area contributed by atoms with E-state index in [1.165, 1.54) is 24.8 Å². The number of aromatic nitrogens is 2.